The fourth-order valence-electron chi connectivity index (χ4n) is 1.61. The number of carbonyl (C=O) groups is 1. The number of hydrogen-bond donors (Lipinski definition) is 3. The van der Waals surface area contributed by atoms with Gasteiger partial charge in [-0.05, 0) is 19.1 Å². The Morgan fingerprint density at radius 1 is 1.45 bits per heavy atom. The Balaban J connectivity index is 2.32. The highest BCUT2D eigenvalue weighted by Gasteiger charge is 2.19. The third kappa shape index (κ3) is 6.10. The van der Waals surface area contributed by atoms with E-state index in [1.165, 1.54) is 12.1 Å². The van der Waals surface area contributed by atoms with Crippen molar-refractivity contribution in [2.24, 2.45) is 0 Å². The van der Waals surface area contributed by atoms with E-state index in [2.05, 4.69) is 10.6 Å². The smallest absolute Gasteiger partial charge is 0.238 e. The summed E-state index contributed by atoms with van der Waals surface area (Å²) in [5.74, 6) is -0.842. The zero-order valence-corrected chi connectivity index (χ0v) is 11.8. The molecule has 1 atom stereocenters. The van der Waals surface area contributed by atoms with Crippen LogP contribution in [-0.4, -0.2) is 43.4 Å². The van der Waals surface area contributed by atoms with Crippen LogP contribution in [0, 0.1) is 5.82 Å². The fourth-order valence-corrected chi connectivity index (χ4v) is 1.61. The lowest BCUT2D eigenvalue weighted by Gasteiger charge is -2.23. The normalized spacial score (nSPS) is 13.8. The molecule has 20 heavy (non-hydrogen) atoms. The molecule has 0 aromatic heterocycles. The van der Waals surface area contributed by atoms with Crippen molar-refractivity contribution in [3.05, 3.63) is 30.1 Å². The Morgan fingerprint density at radius 2 is 2.15 bits per heavy atom. The average Bonchev–Trinajstić information content (AvgIpc) is 2.39. The number of halogens is 1. The second kappa shape index (κ2) is 7.94. The number of benzene rings is 1. The van der Waals surface area contributed by atoms with Gasteiger partial charge in [-0.15, -0.1) is 0 Å². The molecule has 0 aliphatic heterocycles. The van der Waals surface area contributed by atoms with Crippen LogP contribution in [-0.2, 0) is 9.53 Å². The van der Waals surface area contributed by atoms with Crippen LogP contribution in [0.5, 0.6) is 0 Å². The molecule has 0 bridgehead atoms. The maximum Gasteiger partial charge on any atom is 0.238 e. The van der Waals surface area contributed by atoms with Crippen molar-refractivity contribution in [2.75, 3.05) is 32.1 Å². The van der Waals surface area contributed by atoms with Crippen molar-refractivity contribution < 1.29 is 19.0 Å². The van der Waals surface area contributed by atoms with Crippen molar-refractivity contribution in [3.63, 3.8) is 0 Å². The number of nitrogens with one attached hydrogen (secondary N) is 2. The Kier molecular flexibility index (Phi) is 6.57. The van der Waals surface area contributed by atoms with Gasteiger partial charge in [-0.25, -0.2) is 4.39 Å². The van der Waals surface area contributed by atoms with Gasteiger partial charge in [-0.2, -0.15) is 0 Å². The lowest BCUT2D eigenvalue weighted by Crippen LogP contribution is -2.41. The molecule has 0 radical (unpaired) electrons. The number of para-hydroxylation sites is 1. The van der Waals surface area contributed by atoms with Gasteiger partial charge in [0.1, 0.15) is 5.82 Å². The third-order valence-corrected chi connectivity index (χ3v) is 2.78. The highest BCUT2D eigenvalue weighted by molar-refractivity contribution is 5.92. The van der Waals surface area contributed by atoms with Gasteiger partial charge in [0.05, 0.1) is 17.8 Å². The van der Waals surface area contributed by atoms with Crippen LogP contribution >= 0.6 is 0 Å². The molecule has 0 fully saturated rings. The summed E-state index contributed by atoms with van der Waals surface area (Å²) in [4.78, 5) is 11.6. The molecule has 3 N–H and O–H groups in total. The Morgan fingerprint density at radius 3 is 2.80 bits per heavy atom. The molecule has 0 aliphatic carbocycles. The van der Waals surface area contributed by atoms with E-state index in [4.69, 9.17) is 4.74 Å². The Labute approximate surface area is 118 Å². The van der Waals surface area contributed by atoms with Crippen molar-refractivity contribution in [3.8, 4) is 0 Å². The first-order valence-corrected chi connectivity index (χ1v) is 6.41. The van der Waals surface area contributed by atoms with Crippen LogP contribution < -0.4 is 10.6 Å². The largest absolute Gasteiger partial charge is 0.389 e. The summed E-state index contributed by atoms with van der Waals surface area (Å²) >= 11 is 0. The van der Waals surface area contributed by atoms with Crippen LogP contribution in [0.4, 0.5) is 10.1 Å². The molecule has 1 aromatic carbocycles. The molecule has 0 aliphatic rings. The van der Waals surface area contributed by atoms with E-state index in [-0.39, 0.29) is 24.7 Å². The number of carbonyl (C=O) groups excluding carboxylic acids is 1. The van der Waals surface area contributed by atoms with Gasteiger partial charge in [0, 0.05) is 26.7 Å². The highest BCUT2D eigenvalue weighted by atomic mass is 19.1. The molecule has 112 valence electrons. The minimum Gasteiger partial charge on any atom is -0.389 e. The van der Waals surface area contributed by atoms with Gasteiger partial charge in [0.15, 0.2) is 0 Å². The number of anilines is 1. The predicted molar refractivity (Wildman–Crippen MR) is 75.0 cm³/mol. The van der Waals surface area contributed by atoms with Crippen LogP contribution in [0.15, 0.2) is 24.3 Å². The van der Waals surface area contributed by atoms with E-state index in [0.717, 1.165) is 0 Å². The zero-order valence-electron chi connectivity index (χ0n) is 11.8. The number of ether oxygens (including phenoxy) is 1. The van der Waals surface area contributed by atoms with E-state index >= 15 is 0 Å². The number of hydrogen-bond acceptors (Lipinski definition) is 4. The summed E-state index contributed by atoms with van der Waals surface area (Å²) in [6.07, 6.45) is 0.464. The zero-order chi connectivity index (χ0) is 15.0. The van der Waals surface area contributed by atoms with Crippen molar-refractivity contribution in [2.45, 2.75) is 18.9 Å². The fraction of sp³-hybridized carbons (Fsp3) is 0.500. The first-order valence-electron chi connectivity index (χ1n) is 6.41. The lowest BCUT2D eigenvalue weighted by molar-refractivity contribution is -0.115. The number of amides is 1. The van der Waals surface area contributed by atoms with Gasteiger partial charge in [0.2, 0.25) is 5.91 Å². The highest BCUT2D eigenvalue weighted by Crippen LogP contribution is 2.12. The van der Waals surface area contributed by atoms with Gasteiger partial charge < -0.3 is 20.5 Å². The Hall–Kier alpha value is -1.50. The van der Waals surface area contributed by atoms with Crippen LogP contribution in [0.25, 0.3) is 0 Å². The van der Waals surface area contributed by atoms with Gasteiger partial charge in [0.25, 0.3) is 0 Å². The van der Waals surface area contributed by atoms with Gasteiger partial charge >= 0.3 is 0 Å². The number of methoxy groups -OCH3 is 1. The summed E-state index contributed by atoms with van der Waals surface area (Å²) in [5.41, 5.74) is -0.806. The SMILES string of the molecule is COCCC(C)(O)CNCC(=O)Nc1ccccc1F. The number of aliphatic hydroxyl groups is 1. The molecule has 0 saturated carbocycles. The monoisotopic (exact) mass is 284 g/mol. The molecule has 0 spiro atoms. The topological polar surface area (TPSA) is 70.6 Å². The minimum absolute atomic E-state index is 0.00251. The van der Waals surface area contributed by atoms with Crippen LogP contribution in [0.2, 0.25) is 0 Å². The van der Waals surface area contributed by atoms with E-state index in [1.54, 1.807) is 26.2 Å². The van der Waals surface area contributed by atoms with Crippen molar-refractivity contribution >= 4 is 11.6 Å². The molecular formula is C14H21FN2O3. The summed E-state index contributed by atoms with van der Waals surface area (Å²) in [5, 5.41) is 15.2. The van der Waals surface area contributed by atoms with Gasteiger partial charge in [-0.1, -0.05) is 12.1 Å². The van der Waals surface area contributed by atoms with Crippen LogP contribution in [0.1, 0.15) is 13.3 Å². The van der Waals surface area contributed by atoms with Crippen LogP contribution in [0.3, 0.4) is 0 Å². The molecule has 1 rings (SSSR count). The van der Waals surface area contributed by atoms with E-state index in [0.29, 0.717) is 13.0 Å². The average molecular weight is 284 g/mol. The Bertz CT molecular complexity index is 438. The lowest BCUT2D eigenvalue weighted by atomic mass is 10.0. The summed E-state index contributed by atoms with van der Waals surface area (Å²) in [6.45, 7) is 2.35. The molecule has 1 unspecified atom stereocenters. The molecule has 1 aromatic rings. The molecular weight excluding hydrogens is 263 g/mol. The summed E-state index contributed by atoms with van der Waals surface area (Å²) in [6, 6.07) is 5.96. The quantitative estimate of drug-likeness (QED) is 0.669. The first-order chi connectivity index (χ1) is 9.44. The molecule has 6 heteroatoms. The van der Waals surface area contributed by atoms with Crippen molar-refractivity contribution in [1.29, 1.82) is 0 Å². The number of rotatable bonds is 8. The third-order valence-electron chi connectivity index (χ3n) is 2.78. The minimum atomic E-state index is -0.950. The summed E-state index contributed by atoms with van der Waals surface area (Å²) in [7, 11) is 1.56. The molecule has 5 nitrogen and oxygen atoms in total. The van der Waals surface area contributed by atoms with E-state index in [9.17, 15) is 14.3 Å². The predicted octanol–water partition coefficient (Wildman–Crippen LogP) is 1.14. The molecule has 0 heterocycles. The van der Waals surface area contributed by atoms with Crippen molar-refractivity contribution in [1.82, 2.24) is 5.32 Å². The molecule has 0 saturated heterocycles. The second-order valence-electron chi connectivity index (χ2n) is 4.87. The second-order valence-corrected chi connectivity index (χ2v) is 4.87. The van der Waals surface area contributed by atoms with E-state index in [1.807, 2.05) is 0 Å². The standard InChI is InChI=1S/C14H21FN2O3/c1-14(19,7-8-20-2)10-16-9-13(18)17-12-6-4-3-5-11(12)15/h3-6,16,19H,7-10H2,1-2H3,(H,17,18). The van der Waals surface area contributed by atoms with E-state index < -0.39 is 11.4 Å². The van der Waals surface area contributed by atoms with Gasteiger partial charge in [-0.3, -0.25) is 4.79 Å². The maximum absolute atomic E-state index is 13.3. The summed E-state index contributed by atoms with van der Waals surface area (Å²) < 4.78 is 18.2. The maximum atomic E-state index is 13.3. The first kappa shape index (κ1) is 16.6. The molecule has 1 amide bonds.